The Morgan fingerprint density at radius 3 is 2.75 bits per heavy atom. The van der Waals surface area contributed by atoms with Gasteiger partial charge in [-0.3, -0.25) is 4.79 Å². The first-order valence-electron chi connectivity index (χ1n) is 5.91. The highest BCUT2D eigenvalue weighted by molar-refractivity contribution is 9.10. The highest BCUT2D eigenvalue weighted by Crippen LogP contribution is 2.37. The topological polar surface area (TPSA) is 71.3 Å². The first kappa shape index (κ1) is 16.1. The second-order valence-corrected chi connectivity index (χ2v) is 4.57. The molecule has 0 bridgehead atoms. The Bertz CT molecular complexity index is 577. The number of rotatable bonds is 5. The van der Waals surface area contributed by atoms with Crippen molar-refractivity contribution in [3.8, 4) is 17.6 Å². The van der Waals surface area contributed by atoms with E-state index in [4.69, 9.17) is 14.7 Å². The first-order chi connectivity index (χ1) is 9.57. The lowest BCUT2D eigenvalue weighted by molar-refractivity contribution is -0.116. The Morgan fingerprint density at radius 2 is 2.25 bits per heavy atom. The van der Waals surface area contributed by atoms with Crippen LogP contribution in [0.5, 0.6) is 11.5 Å². The molecule has 0 saturated carbocycles. The van der Waals surface area contributed by atoms with E-state index in [1.54, 1.807) is 12.1 Å². The molecule has 6 heteroatoms. The lowest BCUT2D eigenvalue weighted by Crippen LogP contribution is -2.19. The van der Waals surface area contributed by atoms with Crippen LogP contribution in [-0.2, 0) is 4.79 Å². The minimum absolute atomic E-state index is 0.0191. The van der Waals surface area contributed by atoms with Crippen molar-refractivity contribution in [3.63, 3.8) is 0 Å². The van der Waals surface area contributed by atoms with E-state index in [1.165, 1.54) is 20.2 Å². The molecule has 5 nitrogen and oxygen atoms in total. The molecule has 106 valence electrons. The van der Waals surface area contributed by atoms with Crippen LogP contribution in [0.3, 0.4) is 0 Å². The van der Waals surface area contributed by atoms with Crippen molar-refractivity contribution in [2.24, 2.45) is 0 Å². The van der Waals surface area contributed by atoms with Gasteiger partial charge in [0.1, 0.15) is 11.6 Å². The molecule has 1 aromatic carbocycles. The van der Waals surface area contributed by atoms with Gasteiger partial charge in [0, 0.05) is 7.05 Å². The van der Waals surface area contributed by atoms with Crippen molar-refractivity contribution in [1.29, 1.82) is 5.26 Å². The van der Waals surface area contributed by atoms with Crippen LogP contribution in [0.2, 0.25) is 0 Å². The van der Waals surface area contributed by atoms with Gasteiger partial charge in [-0.25, -0.2) is 0 Å². The number of methoxy groups -OCH3 is 1. The number of likely N-dealkylation sites (N-methyl/N-ethyl adjacent to an activating group) is 1. The van der Waals surface area contributed by atoms with Crippen molar-refractivity contribution in [1.82, 2.24) is 5.32 Å². The molecule has 0 spiro atoms. The summed E-state index contributed by atoms with van der Waals surface area (Å²) in [6.07, 6.45) is 1.49. The van der Waals surface area contributed by atoms with Gasteiger partial charge in [-0.2, -0.15) is 5.26 Å². The maximum absolute atomic E-state index is 11.5. The molecule has 0 fully saturated rings. The van der Waals surface area contributed by atoms with E-state index in [2.05, 4.69) is 21.2 Å². The van der Waals surface area contributed by atoms with Gasteiger partial charge >= 0.3 is 0 Å². The zero-order valence-corrected chi connectivity index (χ0v) is 13.1. The molecule has 0 radical (unpaired) electrons. The van der Waals surface area contributed by atoms with Crippen LogP contribution in [0.4, 0.5) is 0 Å². The molecular formula is C14H15BrN2O3. The molecule has 1 amide bonds. The average Bonchev–Trinajstić information content (AvgIpc) is 2.46. The predicted molar refractivity (Wildman–Crippen MR) is 79.5 cm³/mol. The number of nitrogens with zero attached hydrogens (tertiary/aromatic N) is 1. The molecule has 20 heavy (non-hydrogen) atoms. The van der Waals surface area contributed by atoms with Gasteiger partial charge in [-0.15, -0.1) is 0 Å². The number of hydrogen-bond acceptors (Lipinski definition) is 4. The molecule has 0 atom stereocenters. The number of halogens is 1. The Morgan fingerprint density at radius 1 is 1.55 bits per heavy atom. The van der Waals surface area contributed by atoms with Crippen molar-refractivity contribution >= 4 is 27.9 Å². The lowest BCUT2D eigenvalue weighted by Gasteiger charge is -2.12. The third-order valence-corrected chi connectivity index (χ3v) is 3.03. The summed E-state index contributed by atoms with van der Waals surface area (Å²) in [7, 11) is 3.00. The van der Waals surface area contributed by atoms with E-state index in [1.807, 2.05) is 13.0 Å². The van der Waals surface area contributed by atoms with Gasteiger partial charge in [0.15, 0.2) is 11.5 Å². The number of hydrogen-bond donors (Lipinski definition) is 1. The van der Waals surface area contributed by atoms with Gasteiger partial charge < -0.3 is 14.8 Å². The fraction of sp³-hybridized carbons (Fsp3) is 0.286. The van der Waals surface area contributed by atoms with Gasteiger partial charge in [0.25, 0.3) is 5.91 Å². The van der Waals surface area contributed by atoms with Crippen molar-refractivity contribution in [2.75, 3.05) is 20.8 Å². The number of carbonyl (C=O) groups is 1. The van der Waals surface area contributed by atoms with Gasteiger partial charge in [0.05, 0.1) is 18.2 Å². The molecule has 1 aromatic rings. The number of carbonyl (C=O) groups excluding carboxylic acids is 1. The molecule has 1 rings (SSSR count). The summed E-state index contributed by atoms with van der Waals surface area (Å²) in [6.45, 7) is 2.38. The van der Waals surface area contributed by atoms with Crippen molar-refractivity contribution in [3.05, 3.63) is 27.7 Å². The predicted octanol–water partition coefficient (Wildman–Crippen LogP) is 2.51. The third-order valence-electron chi connectivity index (χ3n) is 2.44. The Labute approximate surface area is 126 Å². The van der Waals surface area contributed by atoms with E-state index in [-0.39, 0.29) is 5.57 Å². The maximum atomic E-state index is 11.5. The number of benzene rings is 1. The Balaban J connectivity index is 3.28. The van der Waals surface area contributed by atoms with Crippen LogP contribution >= 0.6 is 15.9 Å². The molecule has 0 aliphatic carbocycles. The summed E-state index contributed by atoms with van der Waals surface area (Å²) in [4.78, 5) is 11.5. The lowest BCUT2D eigenvalue weighted by atomic mass is 10.1. The van der Waals surface area contributed by atoms with Crippen molar-refractivity contribution in [2.45, 2.75) is 6.92 Å². The number of nitriles is 1. The largest absolute Gasteiger partial charge is 0.493 e. The molecule has 0 saturated heterocycles. The van der Waals surface area contributed by atoms with Crippen LogP contribution in [0.1, 0.15) is 12.5 Å². The second kappa shape index (κ2) is 7.56. The van der Waals surface area contributed by atoms with E-state index >= 15 is 0 Å². The van der Waals surface area contributed by atoms with Crippen LogP contribution in [0.15, 0.2) is 22.2 Å². The summed E-state index contributed by atoms with van der Waals surface area (Å²) < 4.78 is 11.4. The summed E-state index contributed by atoms with van der Waals surface area (Å²) in [6, 6.07) is 5.32. The monoisotopic (exact) mass is 338 g/mol. The molecule has 0 unspecified atom stereocenters. The smallest absolute Gasteiger partial charge is 0.261 e. The van der Waals surface area contributed by atoms with E-state index in [0.29, 0.717) is 28.1 Å². The molecule has 0 aromatic heterocycles. The average molecular weight is 339 g/mol. The van der Waals surface area contributed by atoms with Gasteiger partial charge in [-0.1, -0.05) is 0 Å². The zero-order valence-electron chi connectivity index (χ0n) is 11.5. The van der Waals surface area contributed by atoms with Gasteiger partial charge in [0.2, 0.25) is 0 Å². The van der Waals surface area contributed by atoms with E-state index in [0.717, 1.165) is 0 Å². The zero-order chi connectivity index (χ0) is 15.1. The fourth-order valence-corrected chi connectivity index (χ4v) is 2.13. The molecule has 0 aliphatic rings. The van der Waals surface area contributed by atoms with Crippen LogP contribution in [0.25, 0.3) is 6.08 Å². The second-order valence-electron chi connectivity index (χ2n) is 3.72. The summed E-state index contributed by atoms with van der Waals surface area (Å²) in [5, 5.41) is 11.4. The number of amides is 1. The van der Waals surface area contributed by atoms with E-state index in [9.17, 15) is 4.79 Å². The summed E-state index contributed by atoms with van der Waals surface area (Å²) >= 11 is 3.39. The highest BCUT2D eigenvalue weighted by atomic mass is 79.9. The Hall–Kier alpha value is -2.00. The van der Waals surface area contributed by atoms with Crippen LogP contribution < -0.4 is 14.8 Å². The standard InChI is InChI=1S/C14H15BrN2O3/c1-4-20-13-11(15)6-9(7-12(13)19-3)5-10(8-16)14(18)17-2/h5-7H,4H2,1-3H3,(H,17,18)/b10-5+. The number of nitrogens with one attached hydrogen (secondary N) is 1. The minimum Gasteiger partial charge on any atom is -0.493 e. The van der Waals surface area contributed by atoms with E-state index < -0.39 is 5.91 Å². The molecule has 1 N–H and O–H groups in total. The quantitative estimate of drug-likeness (QED) is 0.661. The fourth-order valence-electron chi connectivity index (χ4n) is 1.56. The molecule has 0 aliphatic heterocycles. The summed E-state index contributed by atoms with van der Waals surface area (Å²) in [5.41, 5.74) is 0.683. The molecule has 0 heterocycles. The molecular weight excluding hydrogens is 324 g/mol. The summed E-state index contributed by atoms with van der Waals surface area (Å²) in [5.74, 6) is 0.684. The normalized spacial score (nSPS) is 10.7. The first-order valence-corrected chi connectivity index (χ1v) is 6.70. The van der Waals surface area contributed by atoms with Crippen LogP contribution in [-0.4, -0.2) is 26.7 Å². The minimum atomic E-state index is -0.434. The van der Waals surface area contributed by atoms with Crippen LogP contribution in [0, 0.1) is 11.3 Å². The van der Waals surface area contributed by atoms with Gasteiger partial charge in [-0.05, 0) is 46.6 Å². The third kappa shape index (κ3) is 3.75. The van der Waals surface area contributed by atoms with Crippen molar-refractivity contribution < 1.29 is 14.3 Å². The Kier molecular flexibility index (Phi) is 6.07. The highest BCUT2D eigenvalue weighted by Gasteiger charge is 2.12. The SMILES string of the molecule is CCOc1c(Br)cc(/C=C(\C#N)C(=O)NC)cc1OC. The maximum Gasteiger partial charge on any atom is 0.261 e. The number of ether oxygens (including phenoxy) is 2.